The van der Waals surface area contributed by atoms with Gasteiger partial charge in [-0.15, -0.1) is 0 Å². The quantitative estimate of drug-likeness (QED) is 0.607. The average Bonchev–Trinajstić information content (AvgIpc) is 2.54. The van der Waals surface area contributed by atoms with Gasteiger partial charge >= 0.3 is 12.1 Å². The van der Waals surface area contributed by atoms with Gasteiger partial charge in [-0.1, -0.05) is 60.7 Å². The van der Waals surface area contributed by atoms with Gasteiger partial charge in [0, 0.05) is 0 Å². The van der Waals surface area contributed by atoms with Crippen molar-refractivity contribution in [2.24, 2.45) is 0 Å². The molecule has 0 radical (unpaired) electrons. The summed E-state index contributed by atoms with van der Waals surface area (Å²) in [6.45, 7) is 0. The van der Waals surface area contributed by atoms with Crippen LogP contribution in [0.4, 0.5) is 13.2 Å². The van der Waals surface area contributed by atoms with Crippen molar-refractivity contribution in [1.29, 1.82) is 0 Å². The van der Waals surface area contributed by atoms with Gasteiger partial charge in [-0.3, -0.25) is 9.35 Å². The standard InChI is InChI=1S/C17H15F3O5S/c18-17(19,20)14(11-26(22,23)24)25-16(21)15(12-7-3-1-4-8-12)13-9-5-2-6-10-13/h1-10,14-15H,11H2,(H,22,23,24). The lowest BCUT2D eigenvalue weighted by Gasteiger charge is -2.23. The monoisotopic (exact) mass is 388 g/mol. The zero-order valence-electron chi connectivity index (χ0n) is 13.3. The summed E-state index contributed by atoms with van der Waals surface area (Å²) in [7, 11) is -5.00. The van der Waals surface area contributed by atoms with E-state index < -0.39 is 40.0 Å². The molecule has 0 aromatic heterocycles. The van der Waals surface area contributed by atoms with Crippen molar-refractivity contribution in [2.45, 2.75) is 18.2 Å². The van der Waals surface area contributed by atoms with E-state index in [1.807, 2.05) is 0 Å². The molecule has 0 aliphatic carbocycles. The molecule has 0 saturated heterocycles. The molecule has 0 heterocycles. The highest BCUT2D eigenvalue weighted by molar-refractivity contribution is 7.85. The van der Waals surface area contributed by atoms with Crippen molar-refractivity contribution in [2.75, 3.05) is 5.75 Å². The fraction of sp³-hybridized carbons (Fsp3) is 0.235. The van der Waals surface area contributed by atoms with Crippen LogP contribution >= 0.6 is 0 Å². The van der Waals surface area contributed by atoms with Gasteiger partial charge in [0.15, 0.2) is 0 Å². The van der Waals surface area contributed by atoms with Gasteiger partial charge in [0.25, 0.3) is 10.1 Å². The van der Waals surface area contributed by atoms with Crippen LogP contribution in [0.2, 0.25) is 0 Å². The summed E-state index contributed by atoms with van der Waals surface area (Å²) in [4.78, 5) is 12.5. The lowest BCUT2D eigenvalue weighted by molar-refractivity contribution is -0.215. The van der Waals surface area contributed by atoms with E-state index in [2.05, 4.69) is 4.74 Å². The molecule has 26 heavy (non-hydrogen) atoms. The second-order valence-corrected chi connectivity index (χ2v) is 6.97. The molecule has 9 heteroatoms. The molecule has 0 aliphatic heterocycles. The van der Waals surface area contributed by atoms with E-state index in [1.165, 1.54) is 0 Å². The van der Waals surface area contributed by atoms with Crippen LogP contribution in [-0.2, 0) is 19.6 Å². The Balaban J connectivity index is 2.37. The number of hydrogen-bond donors (Lipinski definition) is 1. The Morgan fingerprint density at radius 2 is 1.38 bits per heavy atom. The first-order valence-corrected chi connectivity index (χ1v) is 9.01. The minimum Gasteiger partial charge on any atom is -0.451 e. The number of carbonyl (C=O) groups excluding carboxylic acids is 1. The molecule has 0 amide bonds. The molecule has 5 nitrogen and oxygen atoms in total. The minimum atomic E-state index is -5.15. The summed E-state index contributed by atoms with van der Waals surface area (Å²) in [6.07, 6.45) is -8.12. The zero-order valence-corrected chi connectivity index (χ0v) is 14.1. The highest BCUT2D eigenvalue weighted by Gasteiger charge is 2.46. The van der Waals surface area contributed by atoms with Crippen molar-refractivity contribution < 1.29 is 35.7 Å². The van der Waals surface area contributed by atoms with Crippen LogP contribution in [0.3, 0.4) is 0 Å². The SMILES string of the molecule is O=C(OC(CS(=O)(=O)O)C(F)(F)F)C(c1ccccc1)c1ccccc1. The van der Waals surface area contributed by atoms with Crippen molar-refractivity contribution in [3.05, 3.63) is 71.8 Å². The molecule has 0 saturated carbocycles. The average molecular weight is 388 g/mol. The molecule has 2 aromatic rings. The third-order valence-corrected chi connectivity index (χ3v) is 4.21. The van der Waals surface area contributed by atoms with Gasteiger partial charge in [-0.05, 0) is 11.1 Å². The number of halogens is 3. The topological polar surface area (TPSA) is 80.7 Å². The van der Waals surface area contributed by atoms with E-state index in [0.29, 0.717) is 11.1 Å². The minimum absolute atomic E-state index is 0.386. The number of carbonyl (C=O) groups is 1. The highest BCUT2D eigenvalue weighted by Crippen LogP contribution is 2.30. The third-order valence-electron chi connectivity index (χ3n) is 3.49. The van der Waals surface area contributed by atoms with Crippen molar-refractivity contribution >= 4 is 16.1 Å². The van der Waals surface area contributed by atoms with Crippen molar-refractivity contribution in [1.82, 2.24) is 0 Å². The second kappa shape index (κ2) is 7.88. The summed E-state index contributed by atoms with van der Waals surface area (Å²) >= 11 is 0. The highest BCUT2D eigenvalue weighted by atomic mass is 32.2. The fourth-order valence-electron chi connectivity index (χ4n) is 2.35. The van der Waals surface area contributed by atoms with Gasteiger partial charge in [0.2, 0.25) is 6.10 Å². The van der Waals surface area contributed by atoms with Crippen LogP contribution in [0, 0.1) is 0 Å². The predicted molar refractivity (Wildman–Crippen MR) is 87.1 cm³/mol. The van der Waals surface area contributed by atoms with Gasteiger partial charge in [-0.25, -0.2) is 0 Å². The first-order chi connectivity index (χ1) is 12.1. The normalized spacial score (nSPS) is 13.4. The van der Waals surface area contributed by atoms with Gasteiger partial charge in [-0.2, -0.15) is 21.6 Å². The summed E-state index contributed by atoms with van der Waals surface area (Å²) < 4.78 is 73.9. The molecule has 0 spiro atoms. The summed E-state index contributed by atoms with van der Waals surface area (Å²) in [6, 6.07) is 16.0. The molecule has 2 rings (SSSR count). The van der Waals surface area contributed by atoms with E-state index in [-0.39, 0.29) is 0 Å². The Morgan fingerprint density at radius 3 is 1.73 bits per heavy atom. The zero-order chi connectivity index (χ0) is 19.4. The van der Waals surface area contributed by atoms with Crippen LogP contribution in [0.1, 0.15) is 17.0 Å². The number of hydrogen-bond acceptors (Lipinski definition) is 4. The molecule has 1 unspecified atom stereocenters. The molecule has 1 atom stereocenters. The Morgan fingerprint density at radius 1 is 0.962 bits per heavy atom. The largest absolute Gasteiger partial charge is 0.451 e. The molecule has 2 aromatic carbocycles. The number of rotatable bonds is 6. The van der Waals surface area contributed by atoms with Gasteiger partial charge < -0.3 is 4.74 Å². The van der Waals surface area contributed by atoms with E-state index >= 15 is 0 Å². The lowest BCUT2D eigenvalue weighted by atomic mass is 9.91. The molecular formula is C17H15F3O5S. The Bertz CT molecular complexity index is 796. The first-order valence-electron chi connectivity index (χ1n) is 7.40. The molecule has 0 aliphatic rings. The number of ether oxygens (including phenoxy) is 1. The van der Waals surface area contributed by atoms with Crippen LogP contribution in [0.25, 0.3) is 0 Å². The first kappa shape index (κ1) is 19.9. The van der Waals surface area contributed by atoms with Crippen LogP contribution in [-0.4, -0.2) is 37.0 Å². The fourth-order valence-corrected chi connectivity index (χ4v) is 2.99. The van der Waals surface area contributed by atoms with Crippen molar-refractivity contribution in [3.8, 4) is 0 Å². The van der Waals surface area contributed by atoms with E-state index in [0.717, 1.165) is 0 Å². The number of alkyl halides is 3. The molecule has 140 valence electrons. The number of esters is 1. The summed E-state index contributed by atoms with van der Waals surface area (Å²) in [5.41, 5.74) is 0.771. The smallest absolute Gasteiger partial charge is 0.426 e. The summed E-state index contributed by atoms with van der Waals surface area (Å²) in [5.74, 6) is -4.21. The van der Waals surface area contributed by atoms with Gasteiger partial charge in [0.05, 0.1) is 0 Å². The molecular weight excluding hydrogens is 373 g/mol. The van der Waals surface area contributed by atoms with Crippen LogP contribution in [0.5, 0.6) is 0 Å². The Kier molecular flexibility index (Phi) is 6.04. The van der Waals surface area contributed by atoms with Crippen LogP contribution < -0.4 is 0 Å². The maximum atomic E-state index is 13.0. The van der Waals surface area contributed by atoms with Gasteiger partial charge in [0.1, 0.15) is 11.7 Å². The Hall–Kier alpha value is -2.39. The predicted octanol–water partition coefficient (Wildman–Crippen LogP) is 3.18. The molecule has 0 fully saturated rings. The number of benzene rings is 2. The Labute approximate surface area is 148 Å². The maximum absolute atomic E-state index is 13.0. The summed E-state index contributed by atoms with van der Waals surface area (Å²) in [5, 5.41) is 0. The van der Waals surface area contributed by atoms with E-state index in [4.69, 9.17) is 4.55 Å². The lowest BCUT2D eigenvalue weighted by Crippen LogP contribution is -2.40. The molecule has 0 bridgehead atoms. The van der Waals surface area contributed by atoms with Crippen molar-refractivity contribution in [3.63, 3.8) is 0 Å². The second-order valence-electron chi connectivity index (χ2n) is 5.47. The van der Waals surface area contributed by atoms with Crippen LogP contribution in [0.15, 0.2) is 60.7 Å². The third kappa shape index (κ3) is 5.57. The molecule has 1 N–H and O–H groups in total. The van der Waals surface area contributed by atoms with E-state index in [9.17, 15) is 26.4 Å². The van der Waals surface area contributed by atoms with E-state index in [1.54, 1.807) is 60.7 Å². The maximum Gasteiger partial charge on any atom is 0.426 e.